The first-order valence-electron chi connectivity index (χ1n) is 7.23. The van der Waals surface area contributed by atoms with Crippen molar-refractivity contribution in [2.24, 2.45) is 5.73 Å². The van der Waals surface area contributed by atoms with E-state index in [0.717, 1.165) is 26.2 Å². The standard InChI is InChI=1S/C16H21N3O/c17-15-8-4-7-14-12-18(9-10-19(14)16(15)20)11-13-5-2-1-3-6-13/h1-7,14-15H,8-12,17H2. The molecule has 0 radical (unpaired) electrons. The molecule has 4 nitrogen and oxygen atoms in total. The Kier molecular flexibility index (Phi) is 3.85. The third-order valence-corrected chi connectivity index (χ3v) is 4.10. The molecule has 2 atom stereocenters. The lowest BCUT2D eigenvalue weighted by atomic mass is 10.1. The van der Waals surface area contributed by atoms with E-state index in [-0.39, 0.29) is 18.0 Å². The maximum Gasteiger partial charge on any atom is 0.240 e. The minimum absolute atomic E-state index is 0.0966. The lowest BCUT2D eigenvalue weighted by molar-refractivity contribution is -0.136. The first-order chi connectivity index (χ1) is 9.74. The fourth-order valence-electron chi connectivity index (χ4n) is 2.99. The van der Waals surface area contributed by atoms with E-state index < -0.39 is 0 Å². The number of benzene rings is 1. The van der Waals surface area contributed by atoms with Gasteiger partial charge in [-0.3, -0.25) is 9.69 Å². The SMILES string of the molecule is NC1CC=CC2CN(Cc3ccccc3)CCN2C1=O. The van der Waals surface area contributed by atoms with Crippen LogP contribution in [0.25, 0.3) is 0 Å². The van der Waals surface area contributed by atoms with Gasteiger partial charge >= 0.3 is 0 Å². The van der Waals surface area contributed by atoms with Crippen LogP contribution in [0.15, 0.2) is 42.5 Å². The highest BCUT2D eigenvalue weighted by atomic mass is 16.2. The highest BCUT2D eigenvalue weighted by molar-refractivity contribution is 5.83. The number of fused-ring (bicyclic) bond motifs is 1. The van der Waals surface area contributed by atoms with Gasteiger partial charge in [-0.15, -0.1) is 0 Å². The minimum atomic E-state index is -0.364. The predicted octanol–water partition coefficient (Wildman–Crippen LogP) is 0.987. The molecule has 3 rings (SSSR count). The molecule has 106 valence electrons. The zero-order valence-electron chi connectivity index (χ0n) is 11.6. The van der Waals surface area contributed by atoms with Gasteiger partial charge in [-0.25, -0.2) is 0 Å². The molecule has 1 fully saturated rings. The summed E-state index contributed by atoms with van der Waals surface area (Å²) in [7, 11) is 0. The summed E-state index contributed by atoms with van der Waals surface area (Å²) < 4.78 is 0. The fraction of sp³-hybridized carbons (Fsp3) is 0.438. The Bertz CT molecular complexity index is 500. The van der Waals surface area contributed by atoms with Crippen molar-refractivity contribution < 1.29 is 4.79 Å². The van der Waals surface area contributed by atoms with Crippen molar-refractivity contribution in [3.63, 3.8) is 0 Å². The summed E-state index contributed by atoms with van der Waals surface area (Å²) in [4.78, 5) is 16.5. The summed E-state index contributed by atoms with van der Waals surface area (Å²) in [5.74, 6) is 0.0966. The molecule has 1 amide bonds. The van der Waals surface area contributed by atoms with E-state index >= 15 is 0 Å². The Balaban J connectivity index is 1.67. The van der Waals surface area contributed by atoms with Crippen molar-refractivity contribution in [2.45, 2.75) is 25.0 Å². The highest BCUT2D eigenvalue weighted by Crippen LogP contribution is 2.18. The van der Waals surface area contributed by atoms with Crippen LogP contribution in [0.2, 0.25) is 0 Å². The van der Waals surface area contributed by atoms with E-state index in [0.29, 0.717) is 6.42 Å². The summed E-state index contributed by atoms with van der Waals surface area (Å²) in [5.41, 5.74) is 7.21. The normalized spacial score (nSPS) is 27.2. The smallest absolute Gasteiger partial charge is 0.240 e. The zero-order valence-corrected chi connectivity index (χ0v) is 11.6. The number of carbonyl (C=O) groups is 1. The summed E-state index contributed by atoms with van der Waals surface area (Å²) in [5, 5.41) is 0. The maximum atomic E-state index is 12.2. The minimum Gasteiger partial charge on any atom is -0.332 e. The molecule has 2 heterocycles. The molecule has 2 aliphatic rings. The monoisotopic (exact) mass is 271 g/mol. The van der Waals surface area contributed by atoms with E-state index in [2.05, 4.69) is 41.3 Å². The molecule has 20 heavy (non-hydrogen) atoms. The van der Waals surface area contributed by atoms with Gasteiger partial charge in [0.25, 0.3) is 0 Å². The lowest BCUT2D eigenvalue weighted by Gasteiger charge is -2.40. The van der Waals surface area contributed by atoms with Crippen LogP contribution in [-0.2, 0) is 11.3 Å². The van der Waals surface area contributed by atoms with Gasteiger partial charge in [-0.2, -0.15) is 0 Å². The number of amides is 1. The highest BCUT2D eigenvalue weighted by Gasteiger charge is 2.32. The average Bonchev–Trinajstić information content (AvgIpc) is 2.60. The first-order valence-corrected chi connectivity index (χ1v) is 7.23. The number of carbonyl (C=O) groups excluding carboxylic acids is 1. The first kappa shape index (κ1) is 13.3. The van der Waals surface area contributed by atoms with Crippen LogP contribution in [0.4, 0.5) is 0 Å². The molecular weight excluding hydrogens is 250 g/mol. The van der Waals surface area contributed by atoms with E-state index in [4.69, 9.17) is 5.73 Å². The van der Waals surface area contributed by atoms with E-state index in [9.17, 15) is 4.79 Å². The van der Waals surface area contributed by atoms with Crippen molar-refractivity contribution in [2.75, 3.05) is 19.6 Å². The Hall–Kier alpha value is -1.65. The molecule has 0 aromatic heterocycles. The van der Waals surface area contributed by atoms with Crippen molar-refractivity contribution in [3.8, 4) is 0 Å². The summed E-state index contributed by atoms with van der Waals surface area (Å²) >= 11 is 0. The average molecular weight is 271 g/mol. The Labute approximate surface area is 119 Å². The molecule has 0 aliphatic carbocycles. The molecule has 0 saturated carbocycles. The Morgan fingerprint density at radius 2 is 2.00 bits per heavy atom. The van der Waals surface area contributed by atoms with Gasteiger partial charge in [0.05, 0.1) is 12.1 Å². The van der Waals surface area contributed by atoms with Crippen molar-refractivity contribution in [3.05, 3.63) is 48.0 Å². The largest absolute Gasteiger partial charge is 0.332 e. The van der Waals surface area contributed by atoms with Gasteiger partial charge in [0.2, 0.25) is 5.91 Å². The third-order valence-electron chi connectivity index (χ3n) is 4.10. The van der Waals surface area contributed by atoms with Gasteiger partial charge in [0.1, 0.15) is 0 Å². The summed E-state index contributed by atoms with van der Waals surface area (Å²) in [6.45, 7) is 3.52. The lowest BCUT2D eigenvalue weighted by Crippen LogP contribution is -2.56. The number of piperazine rings is 1. The predicted molar refractivity (Wildman–Crippen MR) is 79.0 cm³/mol. The molecule has 2 aliphatic heterocycles. The number of hydrogen-bond donors (Lipinski definition) is 1. The zero-order chi connectivity index (χ0) is 13.9. The van der Waals surface area contributed by atoms with Crippen molar-refractivity contribution >= 4 is 5.91 Å². The molecular formula is C16H21N3O. The molecule has 1 aromatic rings. The quantitative estimate of drug-likeness (QED) is 0.816. The fourth-order valence-corrected chi connectivity index (χ4v) is 2.99. The van der Waals surface area contributed by atoms with Crippen molar-refractivity contribution in [1.29, 1.82) is 0 Å². The van der Waals surface area contributed by atoms with Crippen LogP contribution in [0, 0.1) is 0 Å². The maximum absolute atomic E-state index is 12.2. The second-order valence-corrected chi connectivity index (χ2v) is 5.59. The molecule has 1 saturated heterocycles. The summed E-state index contributed by atoms with van der Waals surface area (Å²) in [6.07, 6.45) is 4.85. The number of hydrogen-bond acceptors (Lipinski definition) is 3. The second-order valence-electron chi connectivity index (χ2n) is 5.59. The van der Waals surface area contributed by atoms with Crippen LogP contribution >= 0.6 is 0 Å². The van der Waals surface area contributed by atoms with Gasteiger partial charge in [0.15, 0.2) is 0 Å². The molecule has 0 bridgehead atoms. The Morgan fingerprint density at radius 1 is 1.20 bits per heavy atom. The van der Waals surface area contributed by atoms with E-state index in [1.807, 2.05) is 11.0 Å². The van der Waals surface area contributed by atoms with E-state index in [1.54, 1.807) is 0 Å². The molecule has 0 spiro atoms. The number of rotatable bonds is 2. The van der Waals surface area contributed by atoms with Gasteiger partial charge in [-0.1, -0.05) is 42.5 Å². The molecule has 1 aromatic carbocycles. The van der Waals surface area contributed by atoms with Crippen molar-refractivity contribution in [1.82, 2.24) is 9.80 Å². The summed E-state index contributed by atoms with van der Waals surface area (Å²) in [6, 6.07) is 10.3. The second kappa shape index (κ2) is 5.77. The van der Waals surface area contributed by atoms with Gasteiger partial charge < -0.3 is 10.6 Å². The molecule has 4 heteroatoms. The third kappa shape index (κ3) is 2.76. The van der Waals surface area contributed by atoms with Gasteiger partial charge in [-0.05, 0) is 12.0 Å². The van der Waals surface area contributed by atoms with Crippen LogP contribution in [0.1, 0.15) is 12.0 Å². The van der Waals surface area contributed by atoms with Crippen LogP contribution < -0.4 is 5.73 Å². The topological polar surface area (TPSA) is 49.6 Å². The van der Waals surface area contributed by atoms with Crippen LogP contribution in [-0.4, -0.2) is 47.4 Å². The number of nitrogens with zero attached hydrogens (tertiary/aromatic N) is 2. The van der Waals surface area contributed by atoms with Gasteiger partial charge in [0, 0.05) is 26.2 Å². The van der Waals surface area contributed by atoms with E-state index in [1.165, 1.54) is 5.56 Å². The number of nitrogens with two attached hydrogens (primary N) is 1. The molecule has 2 N–H and O–H groups in total. The Morgan fingerprint density at radius 3 is 2.80 bits per heavy atom. The van der Waals surface area contributed by atoms with Crippen LogP contribution in [0.3, 0.4) is 0 Å². The van der Waals surface area contributed by atoms with Crippen LogP contribution in [0.5, 0.6) is 0 Å². The molecule has 2 unspecified atom stereocenters.